The molecule has 0 fully saturated rings. The summed E-state index contributed by atoms with van der Waals surface area (Å²) >= 11 is 8.91. The molecule has 0 aliphatic heterocycles. The van der Waals surface area contributed by atoms with E-state index in [9.17, 15) is 0 Å². The van der Waals surface area contributed by atoms with Crippen molar-refractivity contribution in [3.05, 3.63) is 0 Å². The van der Waals surface area contributed by atoms with E-state index in [0.29, 0.717) is 0 Å². The van der Waals surface area contributed by atoms with Gasteiger partial charge in [0.25, 0.3) is 0 Å². The van der Waals surface area contributed by atoms with Crippen LogP contribution in [0.15, 0.2) is 0 Å². The first-order valence-electron chi connectivity index (χ1n) is 5.25. The van der Waals surface area contributed by atoms with Crippen LogP contribution in [0.4, 0.5) is 0 Å². The molecular weight excluding hydrogens is 317 g/mol. The fraction of sp³-hybridized carbons (Fsp3) is 1.00. The molecule has 0 spiro atoms. The maximum atomic E-state index is 5.32. The van der Waals surface area contributed by atoms with Gasteiger partial charge in [0.2, 0.25) is 0 Å². The molecule has 14 heavy (non-hydrogen) atoms. The van der Waals surface area contributed by atoms with Gasteiger partial charge in [0, 0.05) is 0 Å². The topological polar surface area (TPSA) is 26.0 Å². The Hall–Kier alpha value is 1.46. The van der Waals surface area contributed by atoms with E-state index < -0.39 is 0 Å². The summed E-state index contributed by atoms with van der Waals surface area (Å²) in [6.45, 7) is 4.76. The Morgan fingerprint density at radius 3 is 1.71 bits per heavy atom. The van der Waals surface area contributed by atoms with Crippen LogP contribution in [0.5, 0.6) is 0 Å². The molecule has 0 saturated carbocycles. The van der Waals surface area contributed by atoms with E-state index in [1.165, 1.54) is 19.3 Å². The van der Waals surface area contributed by atoms with E-state index in [2.05, 4.69) is 30.2 Å². The Morgan fingerprint density at radius 1 is 1.00 bits per heavy atom. The number of hydrogen-bond acceptors (Lipinski definition) is 3. The Balaban J connectivity index is -0.000000168. The number of hydrogen-bond donors (Lipinski definition) is 1. The molecule has 0 heterocycles. The van der Waals surface area contributed by atoms with Gasteiger partial charge < -0.3 is 25.3 Å². The molecule has 0 bridgehead atoms. The molecule has 86 valence electrons. The van der Waals surface area contributed by atoms with Crippen LogP contribution in [0.3, 0.4) is 0 Å². The van der Waals surface area contributed by atoms with E-state index in [-0.39, 0.29) is 21.1 Å². The second-order valence-electron chi connectivity index (χ2n) is 2.53. The number of unbranched alkanes of at least 4 members (excludes halogenated alkanes) is 2. The van der Waals surface area contributed by atoms with E-state index >= 15 is 0 Å². The summed E-state index contributed by atoms with van der Waals surface area (Å²) in [6.07, 6.45) is 4.05. The first-order chi connectivity index (χ1) is 6.74. The number of rotatable bonds is 5. The van der Waals surface area contributed by atoms with Gasteiger partial charge in [0.1, 0.15) is 0 Å². The fourth-order valence-corrected chi connectivity index (χ4v) is 2.35. The molecule has 0 unspecified atom stereocenters. The summed E-state index contributed by atoms with van der Waals surface area (Å²) in [4.78, 5) is 2.39. The van der Waals surface area contributed by atoms with Crippen LogP contribution in [-0.2, 0) is 25.3 Å². The van der Waals surface area contributed by atoms with Crippen molar-refractivity contribution in [1.82, 2.24) is 0 Å². The molecule has 4 heteroatoms. The fourth-order valence-electron chi connectivity index (χ4n) is 0.623. The predicted molar refractivity (Wildman–Crippen MR) is 75.1 cm³/mol. The summed E-state index contributed by atoms with van der Waals surface area (Å²) in [6, 6.07) is 0. The van der Waals surface area contributed by atoms with Gasteiger partial charge in [-0.3, -0.25) is 0 Å². The predicted octanol–water partition coefficient (Wildman–Crippen LogP) is 2.39. The van der Waals surface area contributed by atoms with Crippen molar-refractivity contribution in [2.75, 3.05) is 18.1 Å². The third kappa shape index (κ3) is 50.1. The van der Waals surface area contributed by atoms with Crippen LogP contribution in [0.2, 0.25) is 9.38 Å². The van der Waals surface area contributed by atoms with E-state index in [1.807, 2.05) is 13.8 Å². The molecule has 0 radical (unpaired) electrons. The molecule has 0 amide bonds. The summed E-state index contributed by atoms with van der Waals surface area (Å²) in [5, 5.41) is 0. The Labute approximate surface area is 112 Å². The van der Waals surface area contributed by atoms with Gasteiger partial charge in [0.15, 0.2) is 0 Å². The van der Waals surface area contributed by atoms with Gasteiger partial charge in [-0.15, -0.1) is 0 Å². The van der Waals surface area contributed by atoms with Crippen LogP contribution in [-0.4, -0.2) is 39.2 Å². The normalized spacial score (nSPS) is 7.57. The van der Waals surface area contributed by atoms with Crippen LogP contribution >= 0.6 is 0 Å². The van der Waals surface area contributed by atoms with Crippen LogP contribution in [0.25, 0.3) is 0 Å². The first kappa shape index (κ1) is 20.8. The summed E-state index contributed by atoms with van der Waals surface area (Å²) in [5.41, 5.74) is 5.32. The zero-order chi connectivity index (χ0) is 11.7. The molecule has 0 aromatic rings. The Morgan fingerprint density at radius 2 is 1.43 bits per heavy atom. The standard InChI is InChI=1S/C5H12N.2C2H6S.CH3.Sn/c1-2-3-4-5-6;2*1-2-3;;/h1-6H2;2*3H,2H2,1H3;1H3;/q;;;;+2/p-2. The second kappa shape index (κ2) is 29.3. The minimum absolute atomic E-state index is 0.126. The van der Waals surface area contributed by atoms with Crippen molar-refractivity contribution in [2.45, 2.75) is 42.5 Å². The molecule has 0 aromatic carbocycles. The van der Waals surface area contributed by atoms with Crippen LogP contribution in [0.1, 0.15) is 33.1 Å². The summed E-state index contributed by atoms with van der Waals surface area (Å²) < 4.78 is 1.54. The summed E-state index contributed by atoms with van der Waals surface area (Å²) in [7, 11) is 0. The maximum absolute atomic E-state index is 5.32. The van der Waals surface area contributed by atoms with Gasteiger partial charge in [-0.2, -0.15) is 11.5 Å². The van der Waals surface area contributed by atoms with Crippen molar-refractivity contribution in [2.24, 2.45) is 5.73 Å². The summed E-state index contributed by atoms with van der Waals surface area (Å²) in [5.74, 6) is 1.67. The first-order valence-corrected chi connectivity index (χ1v) is 11.3. The van der Waals surface area contributed by atoms with Crippen molar-refractivity contribution in [3.8, 4) is 0 Å². The van der Waals surface area contributed by atoms with Crippen molar-refractivity contribution in [3.63, 3.8) is 0 Å². The quantitative estimate of drug-likeness (QED) is 0.472. The van der Waals surface area contributed by atoms with E-state index in [1.54, 1.807) is 4.44 Å². The van der Waals surface area contributed by atoms with Crippen molar-refractivity contribution < 1.29 is 0 Å². The van der Waals surface area contributed by atoms with Crippen molar-refractivity contribution in [1.29, 1.82) is 0 Å². The van der Waals surface area contributed by atoms with Crippen molar-refractivity contribution >= 4 is 46.4 Å². The molecule has 0 saturated heterocycles. The zero-order valence-electron chi connectivity index (χ0n) is 9.84. The Kier molecular flexibility index (Phi) is 43.5. The van der Waals surface area contributed by atoms with Crippen LogP contribution in [0, 0.1) is 0 Å². The van der Waals surface area contributed by atoms with Gasteiger partial charge >= 0.3 is 62.1 Å². The van der Waals surface area contributed by atoms with E-state index in [4.69, 9.17) is 5.73 Å². The Bertz CT molecular complexity index is 58.1. The number of nitrogens with two attached hydrogens (primary N) is 1. The average Bonchev–Trinajstić information content (AvgIpc) is 2.15. The molecule has 0 aliphatic rings. The monoisotopic (exact) mass is 343 g/mol. The SMILES string of the molecule is CC[S-].CC[S-].[CH3][Sn+2][CH2]CCCCN. The molecule has 2 N–H and O–H groups in total. The molecular formula is C10H25NS2Sn. The van der Waals surface area contributed by atoms with Gasteiger partial charge in [-0.05, 0) is 0 Å². The molecule has 1 nitrogen and oxygen atoms in total. The molecule has 0 rings (SSSR count). The minimum atomic E-state index is 0.126. The molecule has 0 atom stereocenters. The van der Waals surface area contributed by atoms with E-state index in [0.717, 1.165) is 18.1 Å². The zero-order valence-corrected chi connectivity index (χ0v) is 14.3. The third-order valence-electron chi connectivity index (χ3n) is 1.13. The van der Waals surface area contributed by atoms with Gasteiger partial charge in [-0.1, -0.05) is 13.8 Å². The molecule has 0 aliphatic carbocycles. The van der Waals surface area contributed by atoms with Gasteiger partial charge in [-0.25, -0.2) is 0 Å². The molecule has 0 aromatic heterocycles. The third-order valence-corrected chi connectivity index (χ3v) is 3.57. The van der Waals surface area contributed by atoms with Gasteiger partial charge in [0.05, 0.1) is 0 Å². The average molecular weight is 342 g/mol. The van der Waals surface area contributed by atoms with Crippen LogP contribution < -0.4 is 5.73 Å². The second-order valence-corrected chi connectivity index (χ2v) is 7.13.